The number of fused-ring (bicyclic) bond motifs is 3. The fourth-order valence-electron chi connectivity index (χ4n) is 7.24. The van der Waals surface area contributed by atoms with Crippen LogP contribution in [0, 0.1) is 11.8 Å². The molecule has 2 N–H and O–H groups in total. The zero-order valence-corrected chi connectivity index (χ0v) is 23.0. The average molecular weight is 576 g/mol. The molecule has 1 saturated carbocycles. The van der Waals surface area contributed by atoms with Gasteiger partial charge in [-0.05, 0) is 79.3 Å². The molecule has 4 aliphatic rings. The van der Waals surface area contributed by atoms with Gasteiger partial charge in [0.25, 0.3) is 0 Å². The first-order chi connectivity index (χ1) is 19.3. The van der Waals surface area contributed by atoms with Crippen molar-refractivity contribution in [2.75, 3.05) is 23.3 Å². The van der Waals surface area contributed by atoms with Crippen LogP contribution in [0.1, 0.15) is 46.7 Å². The van der Waals surface area contributed by atoms with Crippen molar-refractivity contribution in [3.63, 3.8) is 0 Å². The van der Waals surface area contributed by atoms with Gasteiger partial charge in [0.05, 0.1) is 11.5 Å². The predicted molar refractivity (Wildman–Crippen MR) is 153 cm³/mol. The lowest BCUT2D eigenvalue weighted by atomic mass is 9.70. The highest BCUT2D eigenvalue weighted by atomic mass is 35.5. The number of halogens is 2. The predicted octanol–water partition coefficient (Wildman–Crippen LogP) is 5.77. The van der Waals surface area contributed by atoms with E-state index in [1.807, 2.05) is 30.3 Å². The van der Waals surface area contributed by atoms with Gasteiger partial charge in [0.1, 0.15) is 5.54 Å². The minimum atomic E-state index is -1.10. The number of likely N-dealkylation sites (tertiary alicyclic amines) is 1. The summed E-state index contributed by atoms with van der Waals surface area (Å²) in [5.74, 6) is -1.76. The number of anilines is 2. The minimum absolute atomic E-state index is 0.0721. The maximum atomic E-state index is 14.6. The molecule has 3 fully saturated rings. The van der Waals surface area contributed by atoms with Gasteiger partial charge in [0.15, 0.2) is 0 Å². The van der Waals surface area contributed by atoms with Crippen LogP contribution in [0.25, 0.3) is 0 Å². The van der Waals surface area contributed by atoms with Crippen LogP contribution in [0.2, 0.25) is 10.0 Å². The Morgan fingerprint density at radius 3 is 2.42 bits per heavy atom. The number of rotatable bonds is 5. The molecule has 2 saturated heterocycles. The summed E-state index contributed by atoms with van der Waals surface area (Å²) in [5.41, 5.74) is 2.08. The third-order valence-corrected chi connectivity index (χ3v) is 9.52. The summed E-state index contributed by atoms with van der Waals surface area (Å²) >= 11 is 12.9. The molecule has 204 valence electrons. The number of amides is 2. The smallest absolute Gasteiger partial charge is 0.335 e. The first-order valence-electron chi connectivity index (χ1n) is 13.6. The number of carboxylic acid groups (broad SMARTS) is 1. The number of hydrogen-bond acceptors (Lipinski definition) is 4. The van der Waals surface area contributed by atoms with Crippen LogP contribution >= 0.6 is 23.2 Å². The molecule has 4 atom stereocenters. The number of nitrogens with zero attached hydrogens (tertiary/aromatic N) is 2. The van der Waals surface area contributed by atoms with Crippen molar-refractivity contribution >= 4 is 52.4 Å². The van der Waals surface area contributed by atoms with Crippen molar-refractivity contribution in [3.05, 3.63) is 93.5 Å². The van der Waals surface area contributed by atoms with E-state index in [1.54, 1.807) is 29.2 Å². The Kier molecular flexibility index (Phi) is 5.97. The minimum Gasteiger partial charge on any atom is -0.478 e. The van der Waals surface area contributed by atoms with Crippen LogP contribution in [-0.4, -0.2) is 46.9 Å². The van der Waals surface area contributed by atoms with E-state index in [9.17, 15) is 19.5 Å². The van der Waals surface area contributed by atoms with Crippen LogP contribution in [0.4, 0.5) is 11.4 Å². The highest BCUT2D eigenvalue weighted by Gasteiger charge is 2.69. The van der Waals surface area contributed by atoms with Gasteiger partial charge in [-0.3, -0.25) is 14.5 Å². The Bertz CT molecular complexity index is 1560. The van der Waals surface area contributed by atoms with Crippen molar-refractivity contribution < 1.29 is 19.5 Å². The van der Waals surface area contributed by atoms with E-state index in [2.05, 4.69) is 10.2 Å². The van der Waals surface area contributed by atoms with E-state index < -0.39 is 23.3 Å². The number of nitrogens with one attached hydrogen (secondary N) is 1. The first kappa shape index (κ1) is 25.6. The Morgan fingerprint density at radius 2 is 1.73 bits per heavy atom. The Balaban J connectivity index is 1.41. The summed E-state index contributed by atoms with van der Waals surface area (Å²) in [5, 5.41) is 13.5. The van der Waals surface area contributed by atoms with Crippen molar-refractivity contribution in [1.29, 1.82) is 0 Å². The van der Waals surface area contributed by atoms with E-state index in [4.69, 9.17) is 23.2 Å². The Morgan fingerprint density at radius 1 is 0.975 bits per heavy atom. The molecule has 40 heavy (non-hydrogen) atoms. The monoisotopic (exact) mass is 575 g/mol. The molecule has 0 radical (unpaired) electrons. The molecule has 7 nitrogen and oxygen atoms in total. The molecule has 0 unspecified atom stereocenters. The quantitative estimate of drug-likeness (QED) is 0.403. The molecule has 3 aromatic carbocycles. The standard InChI is InChI=1S/C31H27Cl2N3O4/c32-20-3-1-2-19(14-20)27-26-25(12-13-35(28(26)37)22-9-6-18(7-10-22)29(38)39)36(16-17-4-5-17)31(27)23-11-8-21(33)15-24(23)34-30(31)40/h1-3,6-11,14-15,17,25-27H,4-5,12-13,16H2,(H,34,40)(H,38,39)/t25-,26+,27-,31+/m0/s1. The maximum absolute atomic E-state index is 14.6. The lowest BCUT2D eigenvalue weighted by Gasteiger charge is -2.40. The van der Waals surface area contributed by atoms with Gasteiger partial charge in [-0.1, -0.05) is 41.4 Å². The van der Waals surface area contributed by atoms with Gasteiger partial charge in [0.2, 0.25) is 11.8 Å². The summed E-state index contributed by atoms with van der Waals surface area (Å²) in [6.07, 6.45) is 2.90. The Labute approximate surface area is 241 Å². The number of piperidine rings is 1. The van der Waals surface area contributed by atoms with E-state index in [-0.39, 0.29) is 23.4 Å². The molecular formula is C31H27Cl2N3O4. The summed E-state index contributed by atoms with van der Waals surface area (Å²) in [4.78, 5) is 44.4. The number of aromatic carboxylic acids is 1. The number of carbonyl (C=O) groups excluding carboxylic acids is 2. The zero-order valence-electron chi connectivity index (χ0n) is 21.5. The molecule has 3 heterocycles. The van der Waals surface area contributed by atoms with Gasteiger partial charge < -0.3 is 15.3 Å². The molecule has 3 aliphatic heterocycles. The van der Waals surface area contributed by atoms with Gasteiger partial charge in [0, 0.05) is 52.0 Å². The van der Waals surface area contributed by atoms with E-state index >= 15 is 0 Å². The van der Waals surface area contributed by atoms with Gasteiger partial charge >= 0.3 is 5.97 Å². The molecule has 7 rings (SSSR count). The number of carbonyl (C=O) groups is 3. The molecule has 9 heteroatoms. The normalized spacial score (nSPS) is 27.6. The van der Waals surface area contributed by atoms with Crippen LogP contribution < -0.4 is 10.2 Å². The lowest BCUT2D eigenvalue weighted by Crippen LogP contribution is -2.54. The fraction of sp³-hybridized carbons (Fsp3) is 0.323. The SMILES string of the molecule is O=C(O)c1ccc(N2CC[C@H]3[C@@H](C2=O)[C@H](c2cccc(Cl)c2)[C@]2(C(=O)Nc4cc(Cl)ccc42)N3CC2CC2)cc1. The number of benzene rings is 3. The molecule has 0 aromatic heterocycles. The Hall–Kier alpha value is -3.39. The van der Waals surface area contributed by atoms with Crippen molar-refractivity contribution in [3.8, 4) is 0 Å². The van der Waals surface area contributed by atoms with E-state index in [1.165, 1.54) is 12.1 Å². The molecule has 0 bridgehead atoms. The molecule has 1 aliphatic carbocycles. The molecule has 1 spiro atoms. The lowest BCUT2D eigenvalue weighted by molar-refractivity contribution is -0.128. The van der Waals surface area contributed by atoms with Gasteiger partial charge in [-0.25, -0.2) is 4.79 Å². The highest BCUT2D eigenvalue weighted by molar-refractivity contribution is 6.31. The molecular weight excluding hydrogens is 549 g/mol. The summed E-state index contributed by atoms with van der Waals surface area (Å²) < 4.78 is 0. The second kappa shape index (κ2) is 9.33. The van der Waals surface area contributed by atoms with E-state index in [0.29, 0.717) is 40.3 Å². The highest BCUT2D eigenvalue weighted by Crippen LogP contribution is 2.62. The summed E-state index contributed by atoms with van der Waals surface area (Å²) in [7, 11) is 0. The van der Waals surface area contributed by atoms with Crippen LogP contribution in [0.5, 0.6) is 0 Å². The van der Waals surface area contributed by atoms with E-state index in [0.717, 1.165) is 30.5 Å². The van der Waals surface area contributed by atoms with Crippen LogP contribution in [-0.2, 0) is 15.1 Å². The third-order valence-electron chi connectivity index (χ3n) is 9.05. The second-order valence-corrected chi connectivity index (χ2v) is 12.1. The van der Waals surface area contributed by atoms with Gasteiger partial charge in [-0.15, -0.1) is 0 Å². The second-order valence-electron chi connectivity index (χ2n) is 11.3. The van der Waals surface area contributed by atoms with Crippen molar-refractivity contribution in [2.24, 2.45) is 11.8 Å². The maximum Gasteiger partial charge on any atom is 0.335 e. The number of hydrogen-bond donors (Lipinski definition) is 2. The summed E-state index contributed by atoms with van der Waals surface area (Å²) in [6.45, 7) is 1.20. The number of carboxylic acids is 1. The van der Waals surface area contributed by atoms with Crippen molar-refractivity contribution in [1.82, 2.24) is 4.90 Å². The molecule has 2 amide bonds. The largest absolute Gasteiger partial charge is 0.478 e. The first-order valence-corrected chi connectivity index (χ1v) is 14.3. The van der Waals surface area contributed by atoms with Gasteiger partial charge in [-0.2, -0.15) is 0 Å². The van der Waals surface area contributed by atoms with Crippen molar-refractivity contribution in [2.45, 2.75) is 36.8 Å². The zero-order chi connectivity index (χ0) is 27.8. The average Bonchev–Trinajstić information content (AvgIpc) is 3.64. The third kappa shape index (κ3) is 3.79. The molecule has 3 aromatic rings. The summed E-state index contributed by atoms with van der Waals surface area (Å²) in [6, 6.07) is 19.3. The van der Waals surface area contributed by atoms with Crippen LogP contribution in [0.3, 0.4) is 0 Å². The van der Waals surface area contributed by atoms with Crippen LogP contribution in [0.15, 0.2) is 66.7 Å². The topological polar surface area (TPSA) is 90.0 Å². The fourth-order valence-corrected chi connectivity index (χ4v) is 7.61.